The molecule has 0 aliphatic heterocycles. The molecule has 154 valence electrons. The monoisotopic (exact) mass is 399 g/mol. The van der Waals surface area contributed by atoms with Crippen LogP contribution in [-0.2, 0) is 6.54 Å². The summed E-state index contributed by atoms with van der Waals surface area (Å²) in [6.07, 6.45) is 3.54. The quantitative estimate of drug-likeness (QED) is 0.574. The predicted molar refractivity (Wildman–Crippen MR) is 108 cm³/mol. The molecule has 2 N–H and O–H groups in total. The van der Waals surface area contributed by atoms with Crippen molar-refractivity contribution in [3.05, 3.63) is 47.9 Å². The van der Waals surface area contributed by atoms with E-state index < -0.39 is 0 Å². The minimum absolute atomic E-state index is 0.0827. The first-order chi connectivity index (χ1) is 14.1. The normalized spacial score (nSPS) is 10.7. The van der Waals surface area contributed by atoms with E-state index in [0.29, 0.717) is 54.0 Å². The Bertz CT molecular complexity index is 972. The summed E-state index contributed by atoms with van der Waals surface area (Å²) in [4.78, 5) is 17.1. The van der Waals surface area contributed by atoms with Crippen LogP contribution in [0.5, 0.6) is 23.0 Å². The van der Waals surface area contributed by atoms with Crippen LogP contribution < -0.4 is 19.5 Å². The van der Waals surface area contributed by atoms with Gasteiger partial charge in [0.05, 0.1) is 32.1 Å². The third-order valence-corrected chi connectivity index (χ3v) is 4.11. The highest BCUT2D eigenvalue weighted by Gasteiger charge is 2.18. The molecule has 3 aromatic rings. The van der Waals surface area contributed by atoms with E-state index in [9.17, 15) is 9.90 Å². The molecule has 2 aromatic heterocycles. The SMILES string of the molecule is CCOc1cc(C(=O)NCc2cn3cccc(O)c3n2)cc(OCC)c1OCC. The lowest BCUT2D eigenvalue weighted by Gasteiger charge is -2.17. The number of hydrogen-bond acceptors (Lipinski definition) is 6. The van der Waals surface area contributed by atoms with Crippen molar-refractivity contribution in [1.82, 2.24) is 14.7 Å². The molecule has 1 amide bonds. The van der Waals surface area contributed by atoms with Crippen molar-refractivity contribution >= 4 is 11.6 Å². The Balaban J connectivity index is 1.82. The first-order valence-corrected chi connectivity index (χ1v) is 9.57. The fourth-order valence-corrected chi connectivity index (χ4v) is 2.93. The number of rotatable bonds is 9. The third-order valence-electron chi connectivity index (χ3n) is 4.11. The summed E-state index contributed by atoms with van der Waals surface area (Å²) >= 11 is 0. The maximum Gasteiger partial charge on any atom is 0.251 e. The van der Waals surface area contributed by atoms with Gasteiger partial charge in [-0.3, -0.25) is 4.79 Å². The fourth-order valence-electron chi connectivity index (χ4n) is 2.93. The topological polar surface area (TPSA) is 94.3 Å². The van der Waals surface area contributed by atoms with Gasteiger partial charge in [-0.2, -0.15) is 0 Å². The molecule has 0 bridgehead atoms. The Morgan fingerprint density at radius 3 is 2.34 bits per heavy atom. The molecule has 29 heavy (non-hydrogen) atoms. The maximum atomic E-state index is 12.7. The van der Waals surface area contributed by atoms with Crippen LogP contribution in [0.1, 0.15) is 36.8 Å². The number of pyridine rings is 1. The summed E-state index contributed by atoms with van der Waals surface area (Å²) in [6, 6.07) is 6.57. The molecule has 0 aliphatic carbocycles. The van der Waals surface area contributed by atoms with Crippen LogP contribution in [-0.4, -0.2) is 40.2 Å². The average molecular weight is 399 g/mol. The van der Waals surface area contributed by atoms with Crippen molar-refractivity contribution < 1.29 is 24.1 Å². The van der Waals surface area contributed by atoms with Gasteiger partial charge in [-0.05, 0) is 45.0 Å². The lowest BCUT2D eigenvalue weighted by Crippen LogP contribution is -2.23. The Labute approximate surface area is 169 Å². The number of carbonyl (C=O) groups excluding carboxylic acids is 1. The van der Waals surface area contributed by atoms with E-state index in [2.05, 4.69) is 10.3 Å². The van der Waals surface area contributed by atoms with Crippen LogP contribution in [0, 0.1) is 0 Å². The van der Waals surface area contributed by atoms with Gasteiger partial charge < -0.3 is 29.0 Å². The number of hydrogen-bond donors (Lipinski definition) is 2. The summed E-state index contributed by atoms with van der Waals surface area (Å²) in [5, 5.41) is 12.7. The second-order valence-electron chi connectivity index (χ2n) is 6.14. The Hall–Kier alpha value is -3.42. The van der Waals surface area contributed by atoms with E-state index in [1.54, 1.807) is 41.1 Å². The van der Waals surface area contributed by atoms with Crippen molar-refractivity contribution in [3.8, 4) is 23.0 Å². The average Bonchev–Trinajstić information content (AvgIpc) is 3.13. The van der Waals surface area contributed by atoms with E-state index in [1.807, 2.05) is 20.8 Å². The molecule has 0 unspecified atom stereocenters. The summed E-state index contributed by atoms with van der Waals surface area (Å²) in [7, 11) is 0. The maximum absolute atomic E-state index is 12.7. The molecule has 0 saturated heterocycles. The summed E-state index contributed by atoms with van der Waals surface area (Å²) in [5.74, 6) is 1.20. The molecule has 1 aromatic carbocycles. The number of aromatic nitrogens is 2. The van der Waals surface area contributed by atoms with Gasteiger partial charge in [0.25, 0.3) is 5.91 Å². The predicted octanol–water partition coefficient (Wildman–Crippen LogP) is 3.17. The number of aromatic hydroxyl groups is 1. The number of fused-ring (bicyclic) bond motifs is 1. The van der Waals surface area contributed by atoms with Crippen LogP contribution in [0.3, 0.4) is 0 Å². The molecule has 8 heteroatoms. The van der Waals surface area contributed by atoms with Gasteiger partial charge in [-0.1, -0.05) is 0 Å². The lowest BCUT2D eigenvalue weighted by molar-refractivity contribution is 0.0949. The molecule has 2 heterocycles. The Morgan fingerprint density at radius 2 is 1.76 bits per heavy atom. The highest BCUT2D eigenvalue weighted by molar-refractivity contribution is 5.95. The Kier molecular flexibility index (Phi) is 6.43. The first-order valence-electron chi connectivity index (χ1n) is 9.57. The summed E-state index contributed by atoms with van der Waals surface area (Å²) in [5.41, 5.74) is 1.46. The van der Waals surface area contributed by atoms with Crippen molar-refractivity contribution in [2.75, 3.05) is 19.8 Å². The Morgan fingerprint density at radius 1 is 1.10 bits per heavy atom. The lowest BCUT2D eigenvalue weighted by atomic mass is 10.1. The zero-order valence-corrected chi connectivity index (χ0v) is 16.8. The number of nitrogens with zero attached hydrogens (tertiary/aromatic N) is 2. The standard InChI is InChI=1S/C21H25N3O5/c1-4-27-17-10-14(11-18(28-5-2)19(17)29-6-3)21(26)22-12-15-13-24-9-7-8-16(25)20(24)23-15/h7-11,13,25H,4-6,12H2,1-3H3,(H,22,26). The van der Waals surface area contributed by atoms with Crippen molar-refractivity contribution in [2.24, 2.45) is 0 Å². The van der Waals surface area contributed by atoms with Crippen LogP contribution in [0.15, 0.2) is 36.7 Å². The van der Waals surface area contributed by atoms with E-state index in [4.69, 9.17) is 14.2 Å². The van der Waals surface area contributed by atoms with Gasteiger partial charge in [0.15, 0.2) is 22.9 Å². The van der Waals surface area contributed by atoms with Gasteiger partial charge in [0.1, 0.15) is 0 Å². The first kappa shape index (κ1) is 20.3. The minimum Gasteiger partial charge on any atom is -0.504 e. The molecule has 0 fully saturated rings. The van der Waals surface area contributed by atoms with E-state index >= 15 is 0 Å². The summed E-state index contributed by atoms with van der Waals surface area (Å²) in [6.45, 7) is 7.12. The van der Waals surface area contributed by atoms with Crippen LogP contribution in [0.2, 0.25) is 0 Å². The molecule has 3 rings (SSSR count). The van der Waals surface area contributed by atoms with E-state index in [1.165, 1.54) is 0 Å². The van der Waals surface area contributed by atoms with Gasteiger partial charge in [-0.15, -0.1) is 0 Å². The molecular formula is C21H25N3O5. The molecule has 0 radical (unpaired) electrons. The summed E-state index contributed by atoms with van der Waals surface area (Å²) < 4.78 is 18.7. The van der Waals surface area contributed by atoms with Crippen molar-refractivity contribution in [2.45, 2.75) is 27.3 Å². The largest absolute Gasteiger partial charge is 0.504 e. The van der Waals surface area contributed by atoms with E-state index in [-0.39, 0.29) is 18.2 Å². The number of ether oxygens (including phenoxy) is 3. The van der Waals surface area contributed by atoms with Crippen LogP contribution >= 0.6 is 0 Å². The zero-order chi connectivity index (χ0) is 20.8. The van der Waals surface area contributed by atoms with Gasteiger partial charge in [0.2, 0.25) is 5.75 Å². The number of imidazole rings is 1. The second kappa shape index (κ2) is 9.18. The molecule has 0 atom stereocenters. The number of amides is 1. The van der Waals surface area contributed by atoms with Gasteiger partial charge >= 0.3 is 0 Å². The molecule has 0 aliphatic rings. The molecular weight excluding hydrogens is 374 g/mol. The van der Waals surface area contributed by atoms with Gasteiger partial charge in [-0.25, -0.2) is 4.98 Å². The minimum atomic E-state index is -0.295. The number of carbonyl (C=O) groups is 1. The smallest absolute Gasteiger partial charge is 0.251 e. The van der Waals surface area contributed by atoms with Crippen molar-refractivity contribution in [1.29, 1.82) is 0 Å². The number of nitrogens with one attached hydrogen (secondary N) is 1. The zero-order valence-electron chi connectivity index (χ0n) is 16.8. The highest BCUT2D eigenvalue weighted by Crippen LogP contribution is 2.39. The number of benzene rings is 1. The second-order valence-corrected chi connectivity index (χ2v) is 6.14. The van der Waals surface area contributed by atoms with Crippen LogP contribution in [0.25, 0.3) is 5.65 Å². The van der Waals surface area contributed by atoms with Crippen LogP contribution in [0.4, 0.5) is 0 Å². The molecule has 0 spiro atoms. The van der Waals surface area contributed by atoms with Gasteiger partial charge in [0, 0.05) is 18.0 Å². The highest BCUT2D eigenvalue weighted by atomic mass is 16.5. The molecule has 0 saturated carbocycles. The van der Waals surface area contributed by atoms with E-state index in [0.717, 1.165) is 0 Å². The third kappa shape index (κ3) is 4.53. The van der Waals surface area contributed by atoms with Crippen molar-refractivity contribution in [3.63, 3.8) is 0 Å². The molecule has 8 nitrogen and oxygen atoms in total. The fraction of sp³-hybridized carbons (Fsp3) is 0.333.